The summed E-state index contributed by atoms with van der Waals surface area (Å²) in [5.74, 6) is 0.365. The van der Waals surface area contributed by atoms with Crippen LogP contribution in [0.15, 0.2) is 36.5 Å². The molecule has 0 aliphatic heterocycles. The minimum atomic E-state index is -0.339. The maximum Gasteiger partial charge on any atom is 0.149 e. The first-order valence-corrected chi connectivity index (χ1v) is 11.9. The average molecular weight is 452 g/mol. The van der Waals surface area contributed by atoms with E-state index in [9.17, 15) is 9.65 Å². The Morgan fingerprint density at radius 2 is 1.97 bits per heavy atom. The number of hydrogen-bond acceptors (Lipinski definition) is 6. The Bertz CT molecular complexity index is 979. The molecule has 2 aromatic rings. The van der Waals surface area contributed by atoms with Crippen molar-refractivity contribution in [3.05, 3.63) is 42.3 Å². The van der Waals surface area contributed by atoms with E-state index >= 15 is 0 Å². The quantitative estimate of drug-likeness (QED) is 0.474. The largest absolute Gasteiger partial charge is 0.383 e. The van der Waals surface area contributed by atoms with E-state index in [0.29, 0.717) is 36.1 Å². The van der Waals surface area contributed by atoms with Crippen LogP contribution in [-0.2, 0) is 4.74 Å². The van der Waals surface area contributed by atoms with Crippen molar-refractivity contribution in [2.75, 3.05) is 30.9 Å². The Labute approximate surface area is 195 Å². The summed E-state index contributed by atoms with van der Waals surface area (Å²) in [6.07, 6.45) is 7.46. The standard InChI is InChI=1S/C26H34FN5O/c1-18(15-33-2)31-20-6-8-21(9-7-20)32-25-13-23(24(27)14-29-25)19-4-3-5-22(12-19)30-17-26(16-28)10-11-26/h3-5,12-14,18,20-21,30-31H,6-11,15,17H2,1-2H3,(H,29,32)/t18-,20-,21-/m0/s1. The van der Waals surface area contributed by atoms with Crippen LogP contribution >= 0.6 is 0 Å². The van der Waals surface area contributed by atoms with Gasteiger partial charge in [-0.3, -0.25) is 0 Å². The van der Waals surface area contributed by atoms with E-state index in [1.54, 1.807) is 13.2 Å². The van der Waals surface area contributed by atoms with Crippen LogP contribution in [0.25, 0.3) is 11.1 Å². The second kappa shape index (κ2) is 10.5. The molecule has 0 bridgehead atoms. The van der Waals surface area contributed by atoms with Gasteiger partial charge in [0.2, 0.25) is 0 Å². The third-order valence-electron chi connectivity index (χ3n) is 6.77. The summed E-state index contributed by atoms with van der Waals surface area (Å²) in [5.41, 5.74) is 1.99. The van der Waals surface area contributed by atoms with Crippen LogP contribution in [0.1, 0.15) is 45.4 Å². The van der Waals surface area contributed by atoms with Gasteiger partial charge in [-0.25, -0.2) is 9.37 Å². The molecule has 2 aliphatic rings. The summed E-state index contributed by atoms with van der Waals surface area (Å²) in [5, 5.41) is 19.8. The number of ether oxygens (including phenoxy) is 1. The highest BCUT2D eigenvalue weighted by atomic mass is 19.1. The molecule has 0 amide bonds. The van der Waals surface area contributed by atoms with E-state index in [0.717, 1.165) is 56.4 Å². The van der Waals surface area contributed by atoms with Crippen LogP contribution in [0, 0.1) is 22.6 Å². The number of nitrogens with one attached hydrogen (secondary N) is 3. The van der Waals surface area contributed by atoms with E-state index in [1.165, 1.54) is 6.20 Å². The summed E-state index contributed by atoms with van der Waals surface area (Å²) >= 11 is 0. The van der Waals surface area contributed by atoms with Gasteiger partial charge in [-0.05, 0) is 69.2 Å². The van der Waals surface area contributed by atoms with Gasteiger partial charge >= 0.3 is 0 Å². The molecule has 176 valence electrons. The molecule has 0 radical (unpaired) electrons. The van der Waals surface area contributed by atoms with Crippen molar-refractivity contribution >= 4 is 11.5 Å². The van der Waals surface area contributed by atoms with Crippen LogP contribution in [-0.4, -0.2) is 43.4 Å². The summed E-state index contributed by atoms with van der Waals surface area (Å²) in [6, 6.07) is 13.1. The lowest BCUT2D eigenvalue weighted by Gasteiger charge is -2.31. The maximum atomic E-state index is 14.7. The highest BCUT2D eigenvalue weighted by molar-refractivity contribution is 5.70. The fourth-order valence-electron chi connectivity index (χ4n) is 4.60. The molecule has 2 aliphatic carbocycles. The van der Waals surface area contributed by atoms with E-state index in [4.69, 9.17) is 4.74 Å². The Balaban J connectivity index is 1.37. The predicted molar refractivity (Wildman–Crippen MR) is 130 cm³/mol. The summed E-state index contributed by atoms with van der Waals surface area (Å²) in [4.78, 5) is 4.29. The van der Waals surface area contributed by atoms with E-state index < -0.39 is 0 Å². The monoisotopic (exact) mass is 451 g/mol. The van der Waals surface area contributed by atoms with Gasteiger partial charge in [-0.2, -0.15) is 5.26 Å². The van der Waals surface area contributed by atoms with Crippen molar-refractivity contribution in [1.82, 2.24) is 10.3 Å². The zero-order chi connectivity index (χ0) is 23.3. The lowest BCUT2D eigenvalue weighted by molar-refractivity contribution is 0.161. The van der Waals surface area contributed by atoms with Crippen LogP contribution in [0.2, 0.25) is 0 Å². The van der Waals surface area contributed by atoms with Gasteiger partial charge in [0.15, 0.2) is 0 Å². The van der Waals surface area contributed by atoms with Gasteiger partial charge in [0, 0.05) is 43.0 Å². The van der Waals surface area contributed by atoms with Crippen molar-refractivity contribution in [2.45, 2.75) is 63.6 Å². The topological polar surface area (TPSA) is 82.0 Å². The molecule has 0 unspecified atom stereocenters. The molecule has 7 heteroatoms. The van der Waals surface area contributed by atoms with Crippen molar-refractivity contribution < 1.29 is 9.13 Å². The molecule has 4 rings (SSSR count). The van der Waals surface area contributed by atoms with Gasteiger partial charge in [0.1, 0.15) is 11.6 Å². The van der Waals surface area contributed by atoms with Crippen LogP contribution in [0.3, 0.4) is 0 Å². The van der Waals surface area contributed by atoms with E-state index in [-0.39, 0.29) is 11.2 Å². The van der Waals surface area contributed by atoms with Gasteiger partial charge < -0.3 is 20.7 Å². The fourth-order valence-corrected chi connectivity index (χ4v) is 4.60. The smallest absolute Gasteiger partial charge is 0.149 e. The Morgan fingerprint density at radius 1 is 1.21 bits per heavy atom. The van der Waals surface area contributed by atoms with Crippen molar-refractivity contribution in [1.29, 1.82) is 5.26 Å². The van der Waals surface area contributed by atoms with Gasteiger partial charge in [0.25, 0.3) is 0 Å². The minimum absolute atomic E-state index is 0.231. The molecule has 6 nitrogen and oxygen atoms in total. The highest BCUT2D eigenvalue weighted by Crippen LogP contribution is 2.44. The SMILES string of the molecule is COC[C@H](C)N[C@H]1CC[C@H](Nc2cc(-c3cccc(NCC4(C#N)CC4)c3)c(F)cn2)CC1. The molecule has 1 aromatic carbocycles. The number of anilines is 2. The molecule has 0 saturated heterocycles. The molecule has 1 heterocycles. The Morgan fingerprint density at radius 3 is 2.67 bits per heavy atom. The number of methoxy groups -OCH3 is 1. The third kappa shape index (κ3) is 6.21. The first-order chi connectivity index (χ1) is 16.0. The number of rotatable bonds is 10. The van der Waals surface area contributed by atoms with Crippen LogP contribution in [0.4, 0.5) is 15.9 Å². The van der Waals surface area contributed by atoms with E-state index in [1.807, 2.05) is 24.3 Å². The van der Waals surface area contributed by atoms with Gasteiger partial charge in [0.05, 0.1) is 24.3 Å². The zero-order valence-electron chi connectivity index (χ0n) is 19.5. The number of nitriles is 1. The predicted octanol–water partition coefficient (Wildman–Crippen LogP) is 4.95. The Kier molecular flexibility index (Phi) is 7.46. The summed E-state index contributed by atoms with van der Waals surface area (Å²) in [6.45, 7) is 3.49. The molecule has 2 saturated carbocycles. The zero-order valence-corrected chi connectivity index (χ0v) is 19.5. The van der Waals surface area contributed by atoms with Gasteiger partial charge in [-0.1, -0.05) is 12.1 Å². The summed E-state index contributed by atoms with van der Waals surface area (Å²) < 4.78 is 19.9. The normalized spacial score (nSPS) is 22.2. The van der Waals surface area contributed by atoms with Crippen molar-refractivity contribution in [3.8, 4) is 17.2 Å². The van der Waals surface area contributed by atoms with Crippen molar-refractivity contribution in [3.63, 3.8) is 0 Å². The van der Waals surface area contributed by atoms with Crippen LogP contribution < -0.4 is 16.0 Å². The second-order valence-electron chi connectivity index (χ2n) is 9.59. The second-order valence-corrected chi connectivity index (χ2v) is 9.59. The number of benzene rings is 1. The molecular formula is C26H34FN5O. The molecule has 33 heavy (non-hydrogen) atoms. The minimum Gasteiger partial charge on any atom is -0.383 e. The molecule has 1 aromatic heterocycles. The Hall–Kier alpha value is -2.69. The first-order valence-electron chi connectivity index (χ1n) is 11.9. The fraction of sp³-hybridized carbons (Fsp3) is 0.538. The molecule has 2 fully saturated rings. The van der Waals surface area contributed by atoms with E-state index in [2.05, 4.69) is 33.9 Å². The number of nitrogens with zero attached hydrogens (tertiary/aromatic N) is 2. The molecular weight excluding hydrogens is 417 g/mol. The highest BCUT2D eigenvalue weighted by Gasteiger charge is 2.42. The number of hydrogen-bond donors (Lipinski definition) is 3. The first kappa shape index (κ1) is 23.5. The van der Waals surface area contributed by atoms with Crippen molar-refractivity contribution in [2.24, 2.45) is 5.41 Å². The average Bonchev–Trinajstić information content (AvgIpc) is 3.61. The summed E-state index contributed by atoms with van der Waals surface area (Å²) in [7, 11) is 1.73. The van der Waals surface area contributed by atoms with Gasteiger partial charge in [-0.15, -0.1) is 0 Å². The molecule has 1 atom stereocenters. The maximum absolute atomic E-state index is 14.7. The lowest BCUT2D eigenvalue weighted by Crippen LogP contribution is -2.42. The molecule has 3 N–H and O–H groups in total. The number of aromatic nitrogens is 1. The van der Waals surface area contributed by atoms with Crippen LogP contribution in [0.5, 0.6) is 0 Å². The lowest BCUT2D eigenvalue weighted by atomic mass is 9.90. The third-order valence-corrected chi connectivity index (χ3v) is 6.77. The number of pyridine rings is 1. The number of halogens is 1. The molecule has 0 spiro atoms.